The van der Waals surface area contributed by atoms with E-state index in [1.807, 2.05) is 127 Å². The number of allylic oxidation sites excluding steroid dienone is 1. The molecule has 1 aliphatic heterocycles. The van der Waals surface area contributed by atoms with E-state index in [0.717, 1.165) is 28.0 Å². The lowest BCUT2D eigenvalue weighted by Crippen LogP contribution is -2.55. The van der Waals surface area contributed by atoms with Crippen LogP contribution < -0.4 is 16.0 Å². The summed E-state index contributed by atoms with van der Waals surface area (Å²) in [4.78, 5) is 56.8. The van der Waals surface area contributed by atoms with Gasteiger partial charge in [0.1, 0.15) is 18.2 Å². The molecule has 3 atom stereocenters. The Balaban J connectivity index is 1.04. The van der Waals surface area contributed by atoms with Crippen LogP contribution in [0.3, 0.4) is 0 Å². The number of carbonyl (C=O) groups is 4. The number of benzene rings is 7. The molecule has 73 heavy (non-hydrogen) atoms. The molecule has 1 saturated heterocycles. The van der Waals surface area contributed by atoms with Crippen LogP contribution in [-0.4, -0.2) is 59.9 Å². The number of rotatable bonds is 16. The van der Waals surface area contributed by atoms with Gasteiger partial charge < -0.3 is 20.7 Å². The molecule has 1 aliphatic rings. The van der Waals surface area contributed by atoms with Gasteiger partial charge in [-0.25, -0.2) is 0 Å². The third kappa shape index (κ3) is 13.7. The highest BCUT2D eigenvalue weighted by Gasteiger charge is 2.40. The number of hydrogen-bond donors (Lipinski definition) is 3. The Labute approximate surface area is 438 Å². The molecule has 0 radical (unpaired) electrons. The standard InChI is InChI=1S/C63H63N3O5S2/c67-58-46-55(41-24-26-44-72-62(49-29-11-2-12-30-49,50-31-13-3-14-32-50)51-33-15-4-16-34-51)71-59(68)42-23-8-25-43-64-60(69)57(66-61(70)56(65-58)45-48-27-9-1-10-28-48)47-73-63(52-35-17-5-18-36-52,53-37-19-6-20-38-53)54-39-21-7-22-40-54/h1-7,9-22,24,27-41,55-57H,8,23,25-26,42-47H2,(H,64,69)(H,65,67)(H,66,70)/t55-,56-,57-/m1/s1. The van der Waals surface area contributed by atoms with Crippen LogP contribution in [-0.2, 0) is 39.8 Å². The van der Waals surface area contributed by atoms with Crippen LogP contribution in [0.1, 0.15) is 77.5 Å². The van der Waals surface area contributed by atoms with E-state index in [0.29, 0.717) is 32.2 Å². The molecule has 7 aromatic rings. The van der Waals surface area contributed by atoms with Gasteiger partial charge in [-0.1, -0.05) is 225 Å². The van der Waals surface area contributed by atoms with E-state index in [9.17, 15) is 19.2 Å². The maximum atomic E-state index is 14.8. The van der Waals surface area contributed by atoms with Crippen LogP contribution in [0.5, 0.6) is 0 Å². The molecule has 372 valence electrons. The maximum Gasteiger partial charge on any atom is 0.306 e. The predicted molar refractivity (Wildman–Crippen MR) is 297 cm³/mol. The van der Waals surface area contributed by atoms with Crippen molar-refractivity contribution in [1.82, 2.24) is 16.0 Å². The summed E-state index contributed by atoms with van der Waals surface area (Å²) in [6.07, 6.45) is 5.56. The first-order valence-electron chi connectivity index (χ1n) is 25.2. The van der Waals surface area contributed by atoms with Crippen LogP contribution in [0.25, 0.3) is 0 Å². The van der Waals surface area contributed by atoms with Gasteiger partial charge in [0, 0.05) is 25.1 Å². The fourth-order valence-corrected chi connectivity index (χ4v) is 12.5. The summed E-state index contributed by atoms with van der Waals surface area (Å²) in [6, 6.07) is 69.7. The van der Waals surface area contributed by atoms with Crippen LogP contribution in [0, 0.1) is 0 Å². The third-order valence-electron chi connectivity index (χ3n) is 13.1. The summed E-state index contributed by atoms with van der Waals surface area (Å²) >= 11 is 3.42. The number of esters is 1. The highest BCUT2D eigenvalue weighted by Crippen LogP contribution is 2.50. The van der Waals surface area contributed by atoms with Gasteiger partial charge in [-0.3, -0.25) is 19.2 Å². The maximum absolute atomic E-state index is 14.8. The van der Waals surface area contributed by atoms with Crippen LogP contribution in [0.4, 0.5) is 0 Å². The first-order valence-corrected chi connectivity index (χ1v) is 27.2. The van der Waals surface area contributed by atoms with E-state index in [2.05, 4.69) is 125 Å². The zero-order valence-electron chi connectivity index (χ0n) is 41.0. The average molecular weight is 1010 g/mol. The van der Waals surface area contributed by atoms with E-state index in [4.69, 9.17) is 4.74 Å². The number of cyclic esters (lactones) is 1. The molecule has 0 aromatic heterocycles. The van der Waals surface area contributed by atoms with Crippen LogP contribution in [0.2, 0.25) is 0 Å². The van der Waals surface area contributed by atoms with Gasteiger partial charge in [0.2, 0.25) is 17.7 Å². The number of carbonyl (C=O) groups excluding carboxylic acids is 4. The molecule has 8 nitrogen and oxygen atoms in total. The van der Waals surface area contributed by atoms with Crippen molar-refractivity contribution in [2.75, 3.05) is 18.1 Å². The van der Waals surface area contributed by atoms with Gasteiger partial charge >= 0.3 is 5.97 Å². The molecule has 1 heterocycles. The Morgan fingerprint density at radius 3 is 1.40 bits per heavy atom. The second-order valence-corrected chi connectivity index (χ2v) is 20.7. The van der Waals surface area contributed by atoms with Gasteiger partial charge in [-0.2, -0.15) is 0 Å². The van der Waals surface area contributed by atoms with Gasteiger partial charge in [-0.15, -0.1) is 23.5 Å². The van der Waals surface area contributed by atoms with Crippen molar-refractivity contribution in [1.29, 1.82) is 0 Å². The van der Waals surface area contributed by atoms with Gasteiger partial charge in [0.05, 0.1) is 15.9 Å². The van der Waals surface area contributed by atoms with Crippen molar-refractivity contribution in [2.45, 2.75) is 72.6 Å². The van der Waals surface area contributed by atoms with Crippen LogP contribution in [0.15, 0.2) is 224 Å². The number of ether oxygens (including phenoxy) is 1. The van der Waals surface area contributed by atoms with Gasteiger partial charge in [0.15, 0.2) is 0 Å². The molecule has 8 rings (SSSR count). The lowest BCUT2D eigenvalue weighted by Gasteiger charge is -2.36. The van der Waals surface area contributed by atoms with E-state index >= 15 is 0 Å². The molecule has 0 aliphatic carbocycles. The fraction of sp³-hybridized carbons (Fsp3) is 0.238. The largest absolute Gasteiger partial charge is 0.458 e. The topological polar surface area (TPSA) is 114 Å². The molecule has 0 spiro atoms. The first kappa shape index (κ1) is 52.2. The first-order chi connectivity index (χ1) is 35.8. The number of hydrogen-bond acceptors (Lipinski definition) is 7. The second kappa shape index (κ2) is 26.5. The van der Waals surface area contributed by atoms with Gasteiger partial charge in [0.25, 0.3) is 0 Å². The molecule has 0 unspecified atom stereocenters. The summed E-state index contributed by atoms with van der Waals surface area (Å²) in [5, 5.41) is 9.18. The highest BCUT2D eigenvalue weighted by atomic mass is 32.2. The number of amides is 3. The van der Waals surface area contributed by atoms with Crippen molar-refractivity contribution in [3.05, 3.63) is 263 Å². The minimum atomic E-state index is -1.05. The average Bonchev–Trinajstić information content (AvgIpc) is 3.44. The summed E-state index contributed by atoms with van der Waals surface area (Å²) in [7, 11) is 0. The summed E-state index contributed by atoms with van der Waals surface area (Å²) < 4.78 is 4.78. The van der Waals surface area contributed by atoms with E-state index in [1.54, 1.807) is 11.8 Å². The lowest BCUT2D eigenvalue weighted by atomic mass is 9.84. The molecule has 7 aromatic carbocycles. The van der Waals surface area contributed by atoms with E-state index in [-0.39, 0.29) is 30.9 Å². The van der Waals surface area contributed by atoms with Crippen molar-refractivity contribution >= 4 is 47.2 Å². The Morgan fingerprint density at radius 1 is 0.493 bits per heavy atom. The number of nitrogens with one attached hydrogen (secondary N) is 3. The fourth-order valence-electron chi connectivity index (χ4n) is 9.51. The molecule has 10 heteroatoms. The van der Waals surface area contributed by atoms with Crippen molar-refractivity contribution in [2.24, 2.45) is 0 Å². The summed E-state index contributed by atoms with van der Waals surface area (Å²) in [6.45, 7) is 0.361. The molecule has 0 bridgehead atoms. The highest BCUT2D eigenvalue weighted by molar-refractivity contribution is 8.00. The Kier molecular flexibility index (Phi) is 19.0. The number of thioether (sulfide) groups is 2. The summed E-state index contributed by atoms with van der Waals surface area (Å²) in [5.41, 5.74) is 7.42. The summed E-state index contributed by atoms with van der Waals surface area (Å²) in [5.74, 6) is -0.757. The lowest BCUT2D eigenvalue weighted by molar-refractivity contribution is -0.148. The van der Waals surface area contributed by atoms with E-state index in [1.165, 1.54) is 16.7 Å². The molecular weight excluding hydrogens is 943 g/mol. The molecular formula is C63H63N3O5S2. The quantitative estimate of drug-likeness (QED) is 0.0382. The Hall–Kier alpha value is -7.14. The Bertz CT molecular complexity index is 2650. The van der Waals surface area contributed by atoms with Crippen molar-refractivity contribution in [3.8, 4) is 0 Å². The third-order valence-corrected chi connectivity index (χ3v) is 16.3. The second-order valence-electron chi connectivity index (χ2n) is 18.1. The molecule has 3 amide bonds. The van der Waals surface area contributed by atoms with Crippen molar-refractivity contribution < 1.29 is 23.9 Å². The van der Waals surface area contributed by atoms with Crippen LogP contribution >= 0.6 is 23.5 Å². The smallest absolute Gasteiger partial charge is 0.306 e. The normalized spacial score (nSPS) is 17.7. The predicted octanol–water partition coefficient (Wildman–Crippen LogP) is 11.6. The van der Waals surface area contributed by atoms with Gasteiger partial charge in [-0.05, 0) is 70.0 Å². The SMILES string of the molecule is O=C1C[C@@H](C=CCCSC(c2ccccc2)(c2ccccc2)c2ccccc2)OC(=O)CCCCCNC(=O)[C@@H](CSC(c2ccccc2)(c2ccccc2)c2ccccc2)NC(=O)[C@@H](Cc2ccccc2)N1. The molecule has 0 saturated carbocycles. The Morgan fingerprint density at radius 2 is 0.932 bits per heavy atom. The van der Waals surface area contributed by atoms with E-state index < -0.39 is 45.5 Å². The zero-order chi connectivity index (χ0) is 50.6. The van der Waals surface area contributed by atoms with Crippen molar-refractivity contribution in [3.63, 3.8) is 0 Å². The monoisotopic (exact) mass is 1010 g/mol. The minimum absolute atomic E-state index is 0.167. The molecule has 1 fully saturated rings. The molecule has 3 N–H and O–H groups in total. The zero-order valence-corrected chi connectivity index (χ0v) is 42.7. The minimum Gasteiger partial charge on any atom is -0.458 e.